The quantitative estimate of drug-likeness (QED) is 0.203. The van der Waals surface area contributed by atoms with E-state index in [0.717, 1.165) is 47.4 Å². The van der Waals surface area contributed by atoms with Crippen LogP contribution < -0.4 is 0 Å². The maximum atomic E-state index is 5.61. The summed E-state index contributed by atoms with van der Waals surface area (Å²) in [4.78, 5) is 0. The van der Waals surface area contributed by atoms with Gasteiger partial charge in [0.1, 0.15) is 0 Å². The van der Waals surface area contributed by atoms with Gasteiger partial charge in [0.25, 0.3) is 0 Å². The van der Waals surface area contributed by atoms with Gasteiger partial charge in [-0.25, -0.2) is 0 Å². The Kier molecular flexibility index (Phi) is 19.7. The SMILES string of the molecule is BrCC[C@H](CBr)COCCOCCOC[C@@H](CBr)CCBr. The molecule has 0 rings (SSSR count). The zero-order chi connectivity index (χ0) is 15.8. The van der Waals surface area contributed by atoms with Crippen LogP contribution in [0.2, 0.25) is 0 Å². The molecule has 7 heteroatoms. The number of halogens is 4. The molecule has 0 bridgehead atoms. The summed E-state index contributed by atoms with van der Waals surface area (Å²) in [5, 5.41) is 4.00. The van der Waals surface area contributed by atoms with Crippen LogP contribution in [-0.4, -0.2) is 61.0 Å². The molecular weight excluding hydrogens is 536 g/mol. The Morgan fingerprint density at radius 3 is 1.29 bits per heavy atom. The van der Waals surface area contributed by atoms with Gasteiger partial charge in [-0.1, -0.05) is 63.7 Å². The van der Waals surface area contributed by atoms with E-state index >= 15 is 0 Å². The molecule has 128 valence electrons. The van der Waals surface area contributed by atoms with Crippen LogP contribution in [0.4, 0.5) is 0 Å². The van der Waals surface area contributed by atoms with Gasteiger partial charge < -0.3 is 14.2 Å². The molecular formula is C14H26Br4O3. The van der Waals surface area contributed by atoms with Gasteiger partial charge in [0, 0.05) is 21.3 Å². The average Bonchev–Trinajstić information content (AvgIpc) is 2.50. The second kappa shape index (κ2) is 18.1. The van der Waals surface area contributed by atoms with Crippen LogP contribution in [-0.2, 0) is 14.2 Å². The van der Waals surface area contributed by atoms with Crippen molar-refractivity contribution in [3.8, 4) is 0 Å². The Morgan fingerprint density at radius 2 is 0.952 bits per heavy atom. The largest absolute Gasteiger partial charge is 0.379 e. The van der Waals surface area contributed by atoms with Crippen LogP contribution in [0.3, 0.4) is 0 Å². The van der Waals surface area contributed by atoms with Gasteiger partial charge in [0.2, 0.25) is 0 Å². The lowest BCUT2D eigenvalue weighted by Crippen LogP contribution is -2.17. The number of hydrogen-bond donors (Lipinski definition) is 0. The highest BCUT2D eigenvalue weighted by atomic mass is 79.9. The van der Waals surface area contributed by atoms with E-state index in [0.29, 0.717) is 38.3 Å². The van der Waals surface area contributed by atoms with Gasteiger partial charge in [-0.2, -0.15) is 0 Å². The number of rotatable bonds is 16. The van der Waals surface area contributed by atoms with Crippen LogP contribution in [0, 0.1) is 11.8 Å². The van der Waals surface area contributed by atoms with Crippen LogP contribution in [0.15, 0.2) is 0 Å². The third-order valence-corrected chi connectivity index (χ3v) is 5.67. The highest BCUT2D eigenvalue weighted by Gasteiger charge is 2.07. The lowest BCUT2D eigenvalue weighted by Gasteiger charge is -2.14. The molecule has 0 N–H and O–H groups in total. The van der Waals surface area contributed by atoms with Crippen molar-refractivity contribution >= 4 is 63.7 Å². The summed E-state index contributed by atoms with van der Waals surface area (Å²) in [6.07, 6.45) is 2.26. The van der Waals surface area contributed by atoms with Gasteiger partial charge in [-0.15, -0.1) is 0 Å². The van der Waals surface area contributed by atoms with E-state index in [4.69, 9.17) is 14.2 Å². The molecule has 0 aromatic rings. The molecule has 0 aromatic carbocycles. The lowest BCUT2D eigenvalue weighted by molar-refractivity contribution is 0.00379. The summed E-state index contributed by atoms with van der Waals surface area (Å²) < 4.78 is 16.7. The molecule has 21 heavy (non-hydrogen) atoms. The zero-order valence-corrected chi connectivity index (χ0v) is 18.7. The Hall–Kier alpha value is 1.80. The Labute approximate surface area is 162 Å². The maximum Gasteiger partial charge on any atom is 0.0701 e. The Bertz CT molecular complexity index is 191. The van der Waals surface area contributed by atoms with Gasteiger partial charge in [-0.3, -0.25) is 0 Å². The van der Waals surface area contributed by atoms with Crippen molar-refractivity contribution in [2.45, 2.75) is 12.8 Å². The van der Waals surface area contributed by atoms with Crippen molar-refractivity contribution < 1.29 is 14.2 Å². The summed E-state index contributed by atoms with van der Waals surface area (Å²) in [7, 11) is 0. The van der Waals surface area contributed by atoms with Crippen molar-refractivity contribution in [2.75, 3.05) is 61.0 Å². The first-order valence-corrected chi connectivity index (χ1v) is 11.7. The van der Waals surface area contributed by atoms with E-state index in [1.807, 2.05) is 0 Å². The van der Waals surface area contributed by atoms with E-state index in [1.165, 1.54) is 0 Å². The summed E-state index contributed by atoms with van der Waals surface area (Å²) in [6, 6.07) is 0. The third kappa shape index (κ3) is 15.1. The molecule has 0 radical (unpaired) electrons. The fourth-order valence-corrected chi connectivity index (χ4v) is 3.87. The van der Waals surface area contributed by atoms with Crippen molar-refractivity contribution in [1.82, 2.24) is 0 Å². The molecule has 0 aliphatic carbocycles. The zero-order valence-electron chi connectivity index (χ0n) is 12.4. The molecule has 0 heterocycles. The molecule has 0 aliphatic heterocycles. The highest BCUT2D eigenvalue weighted by Crippen LogP contribution is 2.10. The minimum atomic E-state index is 0.573. The first-order valence-electron chi connectivity index (χ1n) is 7.25. The summed E-state index contributed by atoms with van der Waals surface area (Å²) in [5.41, 5.74) is 0. The average molecular weight is 562 g/mol. The van der Waals surface area contributed by atoms with Crippen LogP contribution in [0.25, 0.3) is 0 Å². The standard InChI is InChI=1S/C14H26Br4O3/c15-3-1-13(9-17)11-20-7-5-19-6-8-21-12-14(10-18)2-4-16/h13-14H,1-12H2/t13-,14-/m1/s1. The number of hydrogen-bond acceptors (Lipinski definition) is 3. The Morgan fingerprint density at radius 1 is 0.571 bits per heavy atom. The molecule has 0 amide bonds. The van der Waals surface area contributed by atoms with Gasteiger partial charge in [0.15, 0.2) is 0 Å². The van der Waals surface area contributed by atoms with Crippen LogP contribution >= 0.6 is 63.7 Å². The third-order valence-electron chi connectivity index (χ3n) is 2.92. The number of alkyl halides is 4. The monoisotopic (exact) mass is 558 g/mol. The summed E-state index contributed by atoms with van der Waals surface area (Å²) >= 11 is 13.9. The van der Waals surface area contributed by atoms with E-state index < -0.39 is 0 Å². The molecule has 0 unspecified atom stereocenters. The molecule has 0 aromatic heterocycles. The first kappa shape index (κ1) is 22.8. The minimum absolute atomic E-state index is 0.573. The van der Waals surface area contributed by atoms with E-state index in [2.05, 4.69) is 63.7 Å². The fraction of sp³-hybridized carbons (Fsp3) is 1.00. The second-order valence-corrected chi connectivity index (χ2v) is 7.64. The molecule has 0 saturated carbocycles. The predicted molar refractivity (Wildman–Crippen MR) is 104 cm³/mol. The van der Waals surface area contributed by atoms with Crippen molar-refractivity contribution in [1.29, 1.82) is 0 Å². The molecule has 3 nitrogen and oxygen atoms in total. The van der Waals surface area contributed by atoms with Gasteiger partial charge in [-0.05, 0) is 24.7 Å². The van der Waals surface area contributed by atoms with Crippen molar-refractivity contribution in [3.63, 3.8) is 0 Å². The second-order valence-electron chi connectivity index (χ2n) is 4.76. The maximum absolute atomic E-state index is 5.61. The lowest BCUT2D eigenvalue weighted by atomic mass is 10.1. The minimum Gasteiger partial charge on any atom is -0.379 e. The molecule has 0 fully saturated rings. The fourth-order valence-electron chi connectivity index (χ4n) is 1.56. The highest BCUT2D eigenvalue weighted by molar-refractivity contribution is 9.09. The Balaban J connectivity index is 3.28. The van der Waals surface area contributed by atoms with Crippen molar-refractivity contribution in [3.05, 3.63) is 0 Å². The first-order chi connectivity index (χ1) is 10.3. The van der Waals surface area contributed by atoms with E-state index in [-0.39, 0.29) is 0 Å². The summed E-state index contributed by atoms with van der Waals surface area (Å²) in [5.74, 6) is 1.15. The van der Waals surface area contributed by atoms with Crippen LogP contribution in [0.1, 0.15) is 12.8 Å². The number of ether oxygens (including phenoxy) is 3. The topological polar surface area (TPSA) is 27.7 Å². The smallest absolute Gasteiger partial charge is 0.0701 e. The van der Waals surface area contributed by atoms with E-state index in [1.54, 1.807) is 0 Å². The molecule has 0 spiro atoms. The van der Waals surface area contributed by atoms with Gasteiger partial charge >= 0.3 is 0 Å². The normalized spacial score (nSPS) is 14.3. The molecule has 0 saturated heterocycles. The predicted octanol–water partition coefficient (Wildman–Crippen LogP) is 4.63. The van der Waals surface area contributed by atoms with E-state index in [9.17, 15) is 0 Å². The molecule has 2 atom stereocenters. The summed E-state index contributed by atoms with van der Waals surface area (Å²) in [6.45, 7) is 4.15. The van der Waals surface area contributed by atoms with Crippen molar-refractivity contribution in [2.24, 2.45) is 11.8 Å². The van der Waals surface area contributed by atoms with Crippen LogP contribution in [0.5, 0.6) is 0 Å². The van der Waals surface area contributed by atoms with Gasteiger partial charge in [0.05, 0.1) is 39.6 Å². The molecule has 0 aliphatic rings.